The molecule has 0 aliphatic rings. The molecule has 0 fully saturated rings. The number of ether oxygens (including phenoxy) is 1. The molecular weight excluding hydrogens is 427 g/mol. The van der Waals surface area contributed by atoms with Gasteiger partial charge in [-0.3, -0.25) is 10.1 Å². The minimum absolute atomic E-state index is 0.142. The van der Waals surface area contributed by atoms with Crippen molar-refractivity contribution in [1.82, 2.24) is 9.38 Å². The van der Waals surface area contributed by atoms with Crippen LogP contribution >= 0.6 is 33.9 Å². The van der Waals surface area contributed by atoms with Gasteiger partial charge >= 0.3 is 11.7 Å². The van der Waals surface area contributed by atoms with Gasteiger partial charge < -0.3 is 14.9 Å². The average molecular weight is 432 g/mol. The van der Waals surface area contributed by atoms with Gasteiger partial charge in [0.05, 0.1) is 14.6 Å². The van der Waals surface area contributed by atoms with Crippen LogP contribution in [0.3, 0.4) is 0 Å². The summed E-state index contributed by atoms with van der Waals surface area (Å²) in [7, 11) is 0. The van der Waals surface area contributed by atoms with Crippen LogP contribution in [0.25, 0.3) is 4.96 Å². The summed E-state index contributed by atoms with van der Waals surface area (Å²) in [6, 6.07) is 4.03. The standard InChI is InChI=1S/C11H5IN4O5S/c12-7-2-1-6(15(17)18)5-8(7)21-9-10(16(19)20)14-3-4-22-11(14)13-9/h1-5H. The number of thiazole rings is 1. The Morgan fingerprint density at radius 2 is 2.05 bits per heavy atom. The van der Waals surface area contributed by atoms with E-state index >= 15 is 0 Å². The lowest BCUT2D eigenvalue weighted by molar-refractivity contribution is -0.391. The van der Waals surface area contributed by atoms with Gasteiger partial charge in [0.15, 0.2) is 0 Å². The van der Waals surface area contributed by atoms with Gasteiger partial charge in [-0.05, 0) is 33.6 Å². The molecule has 22 heavy (non-hydrogen) atoms. The van der Waals surface area contributed by atoms with Crippen molar-refractivity contribution in [3.63, 3.8) is 0 Å². The zero-order valence-electron chi connectivity index (χ0n) is 10.5. The van der Waals surface area contributed by atoms with Gasteiger partial charge in [0, 0.05) is 11.4 Å². The van der Waals surface area contributed by atoms with Crippen LogP contribution in [0.5, 0.6) is 11.6 Å². The molecule has 0 amide bonds. The predicted molar refractivity (Wildman–Crippen MR) is 85.6 cm³/mol. The van der Waals surface area contributed by atoms with Gasteiger partial charge in [-0.1, -0.05) is 11.3 Å². The van der Waals surface area contributed by atoms with Crippen LogP contribution in [-0.4, -0.2) is 19.2 Å². The Morgan fingerprint density at radius 3 is 2.73 bits per heavy atom. The topological polar surface area (TPSA) is 113 Å². The summed E-state index contributed by atoms with van der Waals surface area (Å²) in [6.07, 6.45) is 1.51. The zero-order chi connectivity index (χ0) is 15.9. The first-order valence-corrected chi connectivity index (χ1v) is 7.65. The summed E-state index contributed by atoms with van der Waals surface area (Å²) in [5.41, 5.74) is -0.168. The van der Waals surface area contributed by atoms with Gasteiger partial charge in [-0.2, -0.15) is 9.38 Å². The molecule has 9 nitrogen and oxygen atoms in total. The maximum absolute atomic E-state index is 11.2. The number of hydrogen-bond acceptors (Lipinski definition) is 7. The van der Waals surface area contributed by atoms with E-state index in [2.05, 4.69) is 4.98 Å². The van der Waals surface area contributed by atoms with Crippen LogP contribution in [0, 0.1) is 23.8 Å². The lowest BCUT2D eigenvalue weighted by Crippen LogP contribution is -1.97. The van der Waals surface area contributed by atoms with E-state index in [9.17, 15) is 20.2 Å². The van der Waals surface area contributed by atoms with E-state index in [0.29, 0.717) is 8.53 Å². The first-order chi connectivity index (χ1) is 10.5. The second kappa shape index (κ2) is 5.49. The number of nitrogens with zero attached hydrogens (tertiary/aromatic N) is 4. The fraction of sp³-hybridized carbons (Fsp3) is 0. The number of halogens is 1. The molecule has 0 bridgehead atoms. The van der Waals surface area contributed by atoms with Crippen molar-refractivity contribution < 1.29 is 14.6 Å². The van der Waals surface area contributed by atoms with Gasteiger partial charge in [0.2, 0.25) is 0 Å². The third-order valence-corrected chi connectivity index (χ3v) is 4.36. The summed E-state index contributed by atoms with van der Waals surface area (Å²) in [4.78, 5) is 25.3. The SMILES string of the molecule is O=[N+]([O-])c1ccc(I)c(Oc2nc3sccn3c2[N+](=O)[O-])c1. The van der Waals surface area contributed by atoms with E-state index in [4.69, 9.17) is 4.74 Å². The second-order valence-corrected chi connectivity index (χ2v) is 6.06. The van der Waals surface area contributed by atoms with Gasteiger partial charge in [-0.25, -0.2) is 0 Å². The molecule has 0 aliphatic heterocycles. The van der Waals surface area contributed by atoms with E-state index in [1.54, 1.807) is 5.38 Å². The molecule has 1 aromatic carbocycles. The molecule has 0 unspecified atom stereocenters. The Labute approximate surface area is 139 Å². The molecule has 3 aromatic rings. The number of non-ortho nitro benzene ring substituents is 1. The first-order valence-electron chi connectivity index (χ1n) is 5.69. The normalized spacial score (nSPS) is 10.8. The smallest absolute Gasteiger partial charge is 0.393 e. The molecule has 0 N–H and O–H groups in total. The highest BCUT2D eigenvalue weighted by Crippen LogP contribution is 2.36. The summed E-state index contributed by atoms with van der Waals surface area (Å²) >= 11 is 3.14. The molecule has 2 heterocycles. The van der Waals surface area contributed by atoms with Crippen LogP contribution < -0.4 is 4.74 Å². The Balaban J connectivity index is 2.08. The fourth-order valence-corrected chi connectivity index (χ4v) is 2.92. The number of benzene rings is 1. The van der Waals surface area contributed by atoms with Gasteiger partial charge in [0.25, 0.3) is 10.6 Å². The number of hydrogen-bond donors (Lipinski definition) is 0. The van der Waals surface area contributed by atoms with Crippen LogP contribution in [-0.2, 0) is 0 Å². The van der Waals surface area contributed by atoms with Crippen LogP contribution in [0.1, 0.15) is 0 Å². The van der Waals surface area contributed by atoms with Crippen molar-refractivity contribution in [3.05, 3.63) is 53.6 Å². The molecule has 2 aromatic heterocycles. The third kappa shape index (κ3) is 2.48. The third-order valence-electron chi connectivity index (χ3n) is 2.71. The Bertz CT molecular complexity index is 905. The molecule has 0 saturated carbocycles. The number of aromatic nitrogens is 2. The van der Waals surface area contributed by atoms with Crippen molar-refractivity contribution in [2.24, 2.45) is 0 Å². The highest BCUT2D eigenvalue weighted by atomic mass is 127. The van der Waals surface area contributed by atoms with Crippen molar-refractivity contribution in [2.75, 3.05) is 0 Å². The lowest BCUT2D eigenvalue weighted by Gasteiger charge is -2.04. The number of rotatable bonds is 4. The van der Waals surface area contributed by atoms with E-state index < -0.39 is 9.85 Å². The van der Waals surface area contributed by atoms with Crippen molar-refractivity contribution >= 4 is 50.4 Å². The monoisotopic (exact) mass is 432 g/mol. The van der Waals surface area contributed by atoms with Gasteiger partial charge in [0.1, 0.15) is 11.9 Å². The largest absolute Gasteiger partial charge is 0.431 e. The molecule has 0 atom stereocenters. The Hall–Kier alpha value is -2.28. The average Bonchev–Trinajstić information content (AvgIpc) is 3.00. The lowest BCUT2D eigenvalue weighted by atomic mass is 10.3. The molecule has 0 aliphatic carbocycles. The van der Waals surface area contributed by atoms with Crippen molar-refractivity contribution in [1.29, 1.82) is 0 Å². The number of nitro benzene ring substituents is 1. The number of imidazole rings is 1. The Morgan fingerprint density at radius 1 is 1.27 bits per heavy atom. The first kappa shape index (κ1) is 14.6. The summed E-state index contributed by atoms with van der Waals surface area (Å²) < 4.78 is 7.33. The van der Waals surface area contributed by atoms with Gasteiger partial charge in [-0.15, -0.1) is 0 Å². The quantitative estimate of drug-likeness (QED) is 0.354. The van der Waals surface area contributed by atoms with E-state index in [-0.39, 0.29) is 23.1 Å². The van der Waals surface area contributed by atoms with E-state index in [0.717, 1.165) is 0 Å². The second-order valence-electron chi connectivity index (χ2n) is 4.03. The van der Waals surface area contributed by atoms with Crippen LogP contribution in [0.2, 0.25) is 0 Å². The van der Waals surface area contributed by atoms with Crippen LogP contribution in [0.4, 0.5) is 11.5 Å². The molecular formula is C11H5IN4O5S. The number of fused-ring (bicyclic) bond motifs is 1. The summed E-state index contributed by atoms with van der Waals surface area (Å²) in [5.74, 6) is -0.377. The van der Waals surface area contributed by atoms with E-state index in [1.807, 2.05) is 22.6 Å². The number of nitro groups is 2. The fourth-order valence-electron chi connectivity index (χ4n) is 1.78. The Kier molecular flexibility index (Phi) is 3.66. The predicted octanol–water partition coefficient (Wildman–Crippen LogP) is 3.61. The molecule has 0 saturated heterocycles. The van der Waals surface area contributed by atoms with Crippen molar-refractivity contribution in [2.45, 2.75) is 0 Å². The molecule has 112 valence electrons. The molecule has 3 rings (SSSR count). The maximum Gasteiger partial charge on any atom is 0.393 e. The van der Waals surface area contributed by atoms with Crippen LogP contribution in [0.15, 0.2) is 29.8 Å². The van der Waals surface area contributed by atoms with E-state index in [1.165, 1.54) is 40.1 Å². The maximum atomic E-state index is 11.2. The highest BCUT2D eigenvalue weighted by Gasteiger charge is 2.26. The molecule has 0 spiro atoms. The minimum Gasteiger partial charge on any atom is -0.431 e. The molecule has 11 heteroatoms. The highest BCUT2D eigenvalue weighted by molar-refractivity contribution is 14.1. The molecule has 0 radical (unpaired) electrons. The minimum atomic E-state index is -0.605. The van der Waals surface area contributed by atoms with Crippen molar-refractivity contribution in [3.8, 4) is 11.6 Å². The zero-order valence-corrected chi connectivity index (χ0v) is 13.5. The summed E-state index contributed by atoms with van der Waals surface area (Å²) in [6.45, 7) is 0. The summed E-state index contributed by atoms with van der Waals surface area (Å²) in [5, 5.41) is 23.7.